The molecule has 2 heterocycles. The van der Waals surface area contributed by atoms with Crippen molar-refractivity contribution in [3.63, 3.8) is 0 Å². The van der Waals surface area contributed by atoms with Crippen molar-refractivity contribution in [2.45, 2.75) is 45.1 Å². The molecule has 37 heavy (non-hydrogen) atoms. The number of hydrogen-bond acceptors (Lipinski definition) is 7. The summed E-state index contributed by atoms with van der Waals surface area (Å²) < 4.78 is 20.1. The van der Waals surface area contributed by atoms with Crippen LogP contribution in [0.25, 0.3) is 0 Å². The van der Waals surface area contributed by atoms with Crippen LogP contribution in [0.4, 0.5) is 15.8 Å². The highest BCUT2D eigenvalue weighted by Gasteiger charge is 2.36. The van der Waals surface area contributed by atoms with E-state index in [1.165, 1.54) is 17.0 Å². The Morgan fingerprint density at radius 1 is 1.08 bits per heavy atom. The van der Waals surface area contributed by atoms with Crippen molar-refractivity contribution >= 4 is 34.9 Å². The van der Waals surface area contributed by atoms with Crippen molar-refractivity contribution in [1.29, 1.82) is 0 Å². The molecule has 2 aliphatic heterocycles. The normalized spacial score (nSPS) is 15.3. The SMILES string of the molecule is O=C(O)CCCN(CCCC(=O)O)c1ccc2c(c1)/C(=N/O)C(=O)N2Cc1cc(F)cc2c1OCCC2. The summed E-state index contributed by atoms with van der Waals surface area (Å²) >= 11 is 0. The van der Waals surface area contributed by atoms with E-state index in [-0.39, 0.29) is 25.1 Å². The maximum Gasteiger partial charge on any atom is 0.303 e. The van der Waals surface area contributed by atoms with Gasteiger partial charge in [-0.3, -0.25) is 14.4 Å². The van der Waals surface area contributed by atoms with Crippen LogP contribution in [0.5, 0.6) is 5.75 Å². The number of carboxylic acids is 2. The van der Waals surface area contributed by atoms with Crippen molar-refractivity contribution in [1.82, 2.24) is 0 Å². The van der Waals surface area contributed by atoms with Crippen molar-refractivity contribution in [2.75, 3.05) is 29.5 Å². The van der Waals surface area contributed by atoms with Gasteiger partial charge < -0.3 is 30.0 Å². The smallest absolute Gasteiger partial charge is 0.303 e. The highest BCUT2D eigenvalue weighted by atomic mass is 19.1. The number of anilines is 2. The number of aryl methyl sites for hydroxylation is 1. The minimum Gasteiger partial charge on any atom is -0.493 e. The first-order valence-electron chi connectivity index (χ1n) is 12.1. The standard InChI is InChI=1S/C26H28FN3O7/c27-18-12-16-4-3-11-37-25(16)17(13-18)15-30-21-8-7-19(14-20(21)24(28-36)26(30)35)29(9-1-5-22(31)32)10-2-6-23(33)34/h7-8,12-14,36H,1-6,9-11,15H2,(H,31,32)(H,33,34)/b28-24-. The molecule has 196 valence electrons. The van der Waals surface area contributed by atoms with Gasteiger partial charge in [-0.05, 0) is 61.6 Å². The molecule has 0 radical (unpaired) electrons. The van der Waals surface area contributed by atoms with E-state index in [2.05, 4.69) is 5.16 Å². The number of ether oxygens (including phenoxy) is 1. The number of hydrogen-bond donors (Lipinski definition) is 3. The zero-order valence-electron chi connectivity index (χ0n) is 20.2. The molecule has 0 spiro atoms. The molecule has 0 saturated carbocycles. The molecule has 0 saturated heterocycles. The highest BCUT2D eigenvalue weighted by molar-refractivity contribution is 6.54. The second kappa shape index (κ2) is 11.3. The number of nitrogens with zero attached hydrogens (tertiary/aromatic N) is 3. The van der Waals surface area contributed by atoms with E-state index in [0.717, 1.165) is 12.0 Å². The average Bonchev–Trinajstić information content (AvgIpc) is 3.12. The Labute approximate surface area is 212 Å². The van der Waals surface area contributed by atoms with Crippen LogP contribution in [-0.2, 0) is 27.3 Å². The molecule has 3 N–H and O–H groups in total. The number of amides is 1. The predicted molar refractivity (Wildman–Crippen MR) is 132 cm³/mol. The third-order valence-electron chi connectivity index (χ3n) is 6.45. The van der Waals surface area contributed by atoms with Crippen LogP contribution in [0.1, 0.15) is 48.8 Å². The van der Waals surface area contributed by atoms with E-state index in [9.17, 15) is 24.0 Å². The largest absolute Gasteiger partial charge is 0.493 e. The lowest BCUT2D eigenvalue weighted by molar-refractivity contribution is -0.138. The lowest BCUT2D eigenvalue weighted by Gasteiger charge is -2.26. The summed E-state index contributed by atoms with van der Waals surface area (Å²) in [5, 5.41) is 30.9. The molecule has 2 aromatic rings. The summed E-state index contributed by atoms with van der Waals surface area (Å²) in [7, 11) is 0. The molecular weight excluding hydrogens is 485 g/mol. The average molecular weight is 514 g/mol. The van der Waals surface area contributed by atoms with Crippen LogP contribution in [0, 0.1) is 5.82 Å². The summed E-state index contributed by atoms with van der Waals surface area (Å²) in [6, 6.07) is 7.88. The molecular formula is C26H28FN3O7. The molecule has 4 rings (SSSR count). The highest BCUT2D eigenvalue weighted by Crippen LogP contribution is 2.37. The lowest BCUT2D eigenvalue weighted by Crippen LogP contribution is -2.30. The van der Waals surface area contributed by atoms with Crippen LogP contribution >= 0.6 is 0 Å². The summed E-state index contributed by atoms with van der Waals surface area (Å²) in [4.78, 5) is 38.4. The fourth-order valence-electron chi connectivity index (χ4n) is 4.77. The Kier molecular flexibility index (Phi) is 7.90. The molecule has 2 aliphatic rings. The van der Waals surface area contributed by atoms with Crippen molar-refractivity contribution in [2.24, 2.45) is 5.16 Å². The minimum absolute atomic E-state index is 0.0191. The van der Waals surface area contributed by atoms with Gasteiger partial charge in [-0.2, -0.15) is 0 Å². The van der Waals surface area contributed by atoms with E-state index in [4.69, 9.17) is 14.9 Å². The van der Waals surface area contributed by atoms with E-state index >= 15 is 0 Å². The first kappa shape index (κ1) is 25.9. The number of carbonyl (C=O) groups excluding carboxylic acids is 1. The number of carboxylic acid groups (broad SMARTS) is 2. The second-order valence-electron chi connectivity index (χ2n) is 9.03. The first-order valence-corrected chi connectivity index (χ1v) is 12.1. The molecule has 2 aromatic carbocycles. The van der Waals surface area contributed by atoms with Gasteiger partial charge >= 0.3 is 11.9 Å². The van der Waals surface area contributed by atoms with Gasteiger partial charge in [0.15, 0.2) is 5.71 Å². The van der Waals surface area contributed by atoms with Crippen molar-refractivity contribution in [3.05, 3.63) is 52.8 Å². The predicted octanol–water partition coefficient (Wildman–Crippen LogP) is 3.41. The van der Waals surface area contributed by atoms with E-state index in [0.29, 0.717) is 67.2 Å². The van der Waals surface area contributed by atoms with Crippen LogP contribution in [0.3, 0.4) is 0 Å². The molecule has 0 bridgehead atoms. The van der Waals surface area contributed by atoms with E-state index in [1.54, 1.807) is 18.2 Å². The maximum atomic E-state index is 14.3. The molecule has 1 amide bonds. The topological polar surface area (TPSA) is 140 Å². The van der Waals surface area contributed by atoms with E-state index < -0.39 is 23.7 Å². The summed E-state index contributed by atoms with van der Waals surface area (Å²) in [5.41, 5.74) is 2.58. The van der Waals surface area contributed by atoms with Gasteiger partial charge in [-0.25, -0.2) is 4.39 Å². The monoisotopic (exact) mass is 513 g/mol. The number of halogens is 1. The molecule has 0 fully saturated rings. The summed E-state index contributed by atoms with van der Waals surface area (Å²) in [5.74, 6) is -2.27. The van der Waals surface area contributed by atoms with Gasteiger partial charge in [0.05, 0.1) is 18.8 Å². The first-order chi connectivity index (χ1) is 17.8. The third-order valence-corrected chi connectivity index (χ3v) is 6.45. The zero-order chi connectivity index (χ0) is 26.5. The Hall–Kier alpha value is -4.15. The Bertz CT molecular complexity index is 1230. The lowest BCUT2D eigenvalue weighted by atomic mass is 10.0. The number of benzene rings is 2. The Morgan fingerprint density at radius 2 is 1.78 bits per heavy atom. The third kappa shape index (κ3) is 5.82. The number of rotatable bonds is 11. The molecule has 0 atom stereocenters. The number of oxime groups is 1. The zero-order valence-corrected chi connectivity index (χ0v) is 20.2. The van der Waals surface area contributed by atoms with Crippen LogP contribution in [-0.4, -0.2) is 58.7 Å². The number of fused-ring (bicyclic) bond motifs is 2. The van der Waals surface area contributed by atoms with Gasteiger partial charge in [0, 0.05) is 42.7 Å². The molecule has 10 nitrogen and oxygen atoms in total. The summed E-state index contributed by atoms with van der Waals surface area (Å²) in [6.07, 6.45) is 2.05. The van der Waals surface area contributed by atoms with Gasteiger partial charge in [-0.15, -0.1) is 0 Å². The molecule has 0 aliphatic carbocycles. The molecule has 0 unspecified atom stereocenters. The van der Waals surface area contributed by atoms with Gasteiger partial charge in [-0.1, -0.05) is 5.16 Å². The fraction of sp³-hybridized carbons (Fsp3) is 0.385. The van der Waals surface area contributed by atoms with Crippen LogP contribution in [0.2, 0.25) is 0 Å². The van der Waals surface area contributed by atoms with Gasteiger partial charge in [0.1, 0.15) is 11.6 Å². The minimum atomic E-state index is -0.932. The Morgan fingerprint density at radius 3 is 2.43 bits per heavy atom. The van der Waals surface area contributed by atoms with Crippen LogP contribution in [0.15, 0.2) is 35.5 Å². The molecule has 11 heteroatoms. The number of carbonyl (C=O) groups is 3. The number of aliphatic carboxylic acids is 2. The quantitative estimate of drug-likeness (QED) is 0.307. The van der Waals surface area contributed by atoms with Crippen LogP contribution < -0.4 is 14.5 Å². The maximum absolute atomic E-state index is 14.3. The van der Waals surface area contributed by atoms with Gasteiger partial charge in [0.2, 0.25) is 0 Å². The van der Waals surface area contributed by atoms with Crippen molar-refractivity contribution < 1.29 is 38.9 Å². The van der Waals surface area contributed by atoms with Crippen molar-refractivity contribution in [3.8, 4) is 5.75 Å². The van der Waals surface area contributed by atoms with Gasteiger partial charge in [0.25, 0.3) is 5.91 Å². The Balaban J connectivity index is 1.63. The fourth-order valence-corrected chi connectivity index (χ4v) is 4.77. The van der Waals surface area contributed by atoms with E-state index in [1.807, 2.05) is 4.90 Å². The second-order valence-corrected chi connectivity index (χ2v) is 9.03. The summed E-state index contributed by atoms with van der Waals surface area (Å²) in [6.45, 7) is 1.25. The molecule has 0 aromatic heterocycles.